The number of hydrogen-bond acceptors (Lipinski definition) is 2. The molecule has 4 heteroatoms. The van der Waals surface area contributed by atoms with Gasteiger partial charge in [-0.1, -0.05) is 48.0 Å². The monoisotopic (exact) mass is 310 g/mol. The zero-order valence-electron chi connectivity index (χ0n) is 13.8. The first-order valence-electron chi connectivity index (χ1n) is 7.63. The van der Waals surface area contributed by atoms with Crippen molar-refractivity contribution in [2.75, 3.05) is 11.4 Å². The summed E-state index contributed by atoms with van der Waals surface area (Å²) in [5.74, 6) is -0.324. The maximum atomic E-state index is 12.2. The van der Waals surface area contributed by atoms with Crippen molar-refractivity contribution in [3.05, 3.63) is 65.2 Å². The van der Waals surface area contributed by atoms with Gasteiger partial charge in [0.1, 0.15) is 6.54 Å². The standard InChI is InChI=1S/C19H22N2O2/c1-14-7-6-9-17(11-14)12-20-19(23)13-21(16(3)22)18-10-5-4-8-15(18)2/h4-11H,12-13H2,1-3H3,(H,20,23). The van der Waals surface area contributed by atoms with Crippen molar-refractivity contribution in [1.29, 1.82) is 0 Å². The predicted octanol–water partition coefficient (Wildman–Crippen LogP) is 2.97. The van der Waals surface area contributed by atoms with Crippen LogP contribution in [0.3, 0.4) is 0 Å². The average Bonchev–Trinajstić information content (AvgIpc) is 2.51. The van der Waals surface area contributed by atoms with E-state index in [1.807, 2.05) is 62.4 Å². The topological polar surface area (TPSA) is 49.4 Å². The normalized spacial score (nSPS) is 10.2. The number of para-hydroxylation sites is 1. The lowest BCUT2D eigenvalue weighted by molar-refractivity contribution is -0.123. The molecule has 120 valence electrons. The first-order chi connectivity index (χ1) is 11.0. The summed E-state index contributed by atoms with van der Waals surface area (Å²) in [4.78, 5) is 25.6. The van der Waals surface area contributed by atoms with Crippen LogP contribution in [0.5, 0.6) is 0 Å². The Bertz CT molecular complexity index is 710. The molecular weight excluding hydrogens is 288 g/mol. The third-order valence-electron chi connectivity index (χ3n) is 3.66. The van der Waals surface area contributed by atoms with Gasteiger partial charge in [-0.05, 0) is 31.0 Å². The largest absolute Gasteiger partial charge is 0.350 e. The second-order valence-corrected chi connectivity index (χ2v) is 5.66. The van der Waals surface area contributed by atoms with Gasteiger partial charge in [-0.25, -0.2) is 0 Å². The van der Waals surface area contributed by atoms with Crippen LogP contribution in [0, 0.1) is 13.8 Å². The number of hydrogen-bond donors (Lipinski definition) is 1. The molecule has 2 amide bonds. The molecule has 0 radical (unpaired) electrons. The summed E-state index contributed by atoms with van der Waals surface area (Å²) >= 11 is 0. The van der Waals surface area contributed by atoms with Crippen molar-refractivity contribution < 1.29 is 9.59 Å². The molecule has 2 aromatic carbocycles. The highest BCUT2D eigenvalue weighted by molar-refractivity contribution is 5.98. The van der Waals surface area contributed by atoms with E-state index >= 15 is 0 Å². The summed E-state index contributed by atoms with van der Waals surface area (Å²) in [6.45, 7) is 5.89. The molecule has 0 saturated heterocycles. The van der Waals surface area contributed by atoms with Crippen LogP contribution >= 0.6 is 0 Å². The number of anilines is 1. The molecule has 0 aromatic heterocycles. The minimum absolute atomic E-state index is 0.0198. The molecule has 0 aliphatic heterocycles. The lowest BCUT2D eigenvalue weighted by Gasteiger charge is -2.22. The molecule has 0 bridgehead atoms. The number of rotatable bonds is 5. The number of benzene rings is 2. The van der Waals surface area contributed by atoms with Gasteiger partial charge in [-0.3, -0.25) is 9.59 Å². The second kappa shape index (κ2) is 7.58. The highest BCUT2D eigenvalue weighted by atomic mass is 16.2. The molecule has 0 unspecified atom stereocenters. The highest BCUT2D eigenvalue weighted by Gasteiger charge is 2.17. The van der Waals surface area contributed by atoms with E-state index in [4.69, 9.17) is 0 Å². The number of carbonyl (C=O) groups is 2. The Morgan fingerprint density at radius 2 is 1.78 bits per heavy atom. The van der Waals surface area contributed by atoms with E-state index in [2.05, 4.69) is 5.32 Å². The van der Waals surface area contributed by atoms with Gasteiger partial charge in [-0.2, -0.15) is 0 Å². The maximum absolute atomic E-state index is 12.2. The third kappa shape index (κ3) is 4.68. The fraction of sp³-hybridized carbons (Fsp3) is 0.263. The van der Waals surface area contributed by atoms with Crippen LogP contribution in [0.2, 0.25) is 0 Å². The smallest absolute Gasteiger partial charge is 0.240 e. The van der Waals surface area contributed by atoms with Crippen molar-refractivity contribution in [3.63, 3.8) is 0 Å². The molecule has 0 atom stereocenters. The minimum atomic E-state index is -0.176. The fourth-order valence-electron chi connectivity index (χ4n) is 2.45. The van der Waals surface area contributed by atoms with Gasteiger partial charge >= 0.3 is 0 Å². The average molecular weight is 310 g/mol. The lowest BCUT2D eigenvalue weighted by Crippen LogP contribution is -2.39. The van der Waals surface area contributed by atoms with E-state index in [0.29, 0.717) is 6.54 Å². The van der Waals surface area contributed by atoms with Gasteiger partial charge in [0, 0.05) is 19.2 Å². The van der Waals surface area contributed by atoms with E-state index in [-0.39, 0.29) is 18.4 Å². The summed E-state index contributed by atoms with van der Waals surface area (Å²) in [7, 11) is 0. The van der Waals surface area contributed by atoms with Crippen molar-refractivity contribution in [1.82, 2.24) is 5.32 Å². The van der Waals surface area contributed by atoms with Crippen LogP contribution in [-0.4, -0.2) is 18.4 Å². The van der Waals surface area contributed by atoms with Gasteiger partial charge in [0.05, 0.1) is 0 Å². The van der Waals surface area contributed by atoms with Crippen LogP contribution in [-0.2, 0) is 16.1 Å². The van der Waals surface area contributed by atoms with E-state index in [9.17, 15) is 9.59 Å². The van der Waals surface area contributed by atoms with Gasteiger partial charge in [0.25, 0.3) is 0 Å². The first kappa shape index (κ1) is 16.7. The van der Waals surface area contributed by atoms with Gasteiger partial charge in [-0.15, -0.1) is 0 Å². The summed E-state index contributed by atoms with van der Waals surface area (Å²) in [6.07, 6.45) is 0. The van der Waals surface area contributed by atoms with E-state index in [0.717, 1.165) is 22.4 Å². The molecule has 1 N–H and O–H groups in total. The van der Waals surface area contributed by atoms with Crippen molar-refractivity contribution >= 4 is 17.5 Å². The number of amides is 2. The minimum Gasteiger partial charge on any atom is -0.350 e. The van der Waals surface area contributed by atoms with E-state index in [1.54, 1.807) is 0 Å². The number of nitrogens with zero attached hydrogens (tertiary/aromatic N) is 1. The molecule has 0 saturated carbocycles. The molecule has 23 heavy (non-hydrogen) atoms. The quantitative estimate of drug-likeness (QED) is 0.923. The highest BCUT2D eigenvalue weighted by Crippen LogP contribution is 2.19. The van der Waals surface area contributed by atoms with Crippen LogP contribution in [0.4, 0.5) is 5.69 Å². The van der Waals surface area contributed by atoms with Crippen LogP contribution in [0.25, 0.3) is 0 Å². The molecule has 2 rings (SSSR count). The van der Waals surface area contributed by atoms with Gasteiger partial charge in [0.15, 0.2) is 0 Å². The molecule has 0 fully saturated rings. The van der Waals surface area contributed by atoms with Crippen LogP contribution in [0.1, 0.15) is 23.6 Å². The van der Waals surface area contributed by atoms with Gasteiger partial charge in [0.2, 0.25) is 11.8 Å². The van der Waals surface area contributed by atoms with Crippen LogP contribution < -0.4 is 10.2 Å². The Hall–Kier alpha value is -2.62. The summed E-state index contributed by atoms with van der Waals surface area (Å²) in [6, 6.07) is 15.5. The SMILES string of the molecule is CC(=O)N(CC(=O)NCc1cccc(C)c1)c1ccccc1C. The summed E-state index contributed by atoms with van der Waals surface area (Å²) in [5.41, 5.74) is 3.94. The molecule has 2 aromatic rings. The molecule has 0 aliphatic carbocycles. The molecular formula is C19H22N2O2. The zero-order chi connectivity index (χ0) is 16.8. The molecule has 0 spiro atoms. The summed E-state index contributed by atoms with van der Waals surface area (Å²) in [5, 5.41) is 2.87. The Balaban J connectivity index is 2.02. The van der Waals surface area contributed by atoms with E-state index in [1.165, 1.54) is 11.8 Å². The number of aryl methyl sites for hydroxylation is 2. The third-order valence-corrected chi connectivity index (χ3v) is 3.66. The predicted molar refractivity (Wildman–Crippen MR) is 92.2 cm³/mol. The Morgan fingerprint density at radius 1 is 1.04 bits per heavy atom. The zero-order valence-corrected chi connectivity index (χ0v) is 13.8. The molecule has 4 nitrogen and oxygen atoms in total. The Morgan fingerprint density at radius 3 is 2.43 bits per heavy atom. The maximum Gasteiger partial charge on any atom is 0.240 e. The number of carbonyl (C=O) groups excluding carboxylic acids is 2. The number of nitrogens with one attached hydrogen (secondary N) is 1. The molecule has 0 heterocycles. The fourth-order valence-corrected chi connectivity index (χ4v) is 2.45. The second-order valence-electron chi connectivity index (χ2n) is 5.66. The molecule has 0 aliphatic rings. The van der Waals surface area contributed by atoms with Crippen molar-refractivity contribution in [2.24, 2.45) is 0 Å². The van der Waals surface area contributed by atoms with E-state index < -0.39 is 0 Å². The van der Waals surface area contributed by atoms with Crippen LogP contribution in [0.15, 0.2) is 48.5 Å². The van der Waals surface area contributed by atoms with Gasteiger partial charge < -0.3 is 10.2 Å². The van der Waals surface area contributed by atoms with Crippen molar-refractivity contribution in [3.8, 4) is 0 Å². The first-order valence-corrected chi connectivity index (χ1v) is 7.63. The summed E-state index contributed by atoms with van der Waals surface area (Å²) < 4.78 is 0. The Kier molecular flexibility index (Phi) is 5.52. The van der Waals surface area contributed by atoms with Crippen molar-refractivity contribution in [2.45, 2.75) is 27.3 Å². The lowest BCUT2D eigenvalue weighted by atomic mass is 10.1. The Labute approximate surface area is 137 Å².